The molecular formula is C17H20ClN3O. The highest BCUT2D eigenvalue weighted by atomic mass is 35.5. The predicted octanol–water partition coefficient (Wildman–Crippen LogP) is 5.65. The second kappa shape index (κ2) is 5.97. The van der Waals surface area contributed by atoms with Crippen LogP contribution in [0.15, 0.2) is 40.6 Å². The summed E-state index contributed by atoms with van der Waals surface area (Å²) >= 11 is 5.93. The van der Waals surface area contributed by atoms with Gasteiger partial charge in [0.05, 0.1) is 5.69 Å². The largest absolute Gasteiger partial charge is 0.505 e. The van der Waals surface area contributed by atoms with E-state index < -0.39 is 0 Å². The van der Waals surface area contributed by atoms with Gasteiger partial charge in [0, 0.05) is 10.6 Å². The van der Waals surface area contributed by atoms with Crippen LogP contribution in [0.25, 0.3) is 0 Å². The van der Waals surface area contributed by atoms with Crippen molar-refractivity contribution in [1.29, 1.82) is 0 Å². The van der Waals surface area contributed by atoms with Gasteiger partial charge in [-0.3, -0.25) is 0 Å². The van der Waals surface area contributed by atoms with Gasteiger partial charge < -0.3 is 10.8 Å². The Morgan fingerprint density at radius 1 is 1.05 bits per heavy atom. The summed E-state index contributed by atoms with van der Waals surface area (Å²) in [6.45, 7) is 8.08. The van der Waals surface area contributed by atoms with Crippen molar-refractivity contribution < 1.29 is 5.11 Å². The molecule has 0 saturated heterocycles. The van der Waals surface area contributed by atoms with Gasteiger partial charge in [-0.2, -0.15) is 0 Å². The highest BCUT2D eigenvalue weighted by Gasteiger charge is 2.20. The van der Waals surface area contributed by atoms with Crippen molar-refractivity contribution in [1.82, 2.24) is 0 Å². The van der Waals surface area contributed by atoms with Crippen molar-refractivity contribution in [2.24, 2.45) is 10.2 Å². The lowest BCUT2D eigenvalue weighted by molar-refractivity contribution is 0.447. The van der Waals surface area contributed by atoms with Crippen LogP contribution in [0.2, 0.25) is 5.02 Å². The molecule has 0 saturated carbocycles. The number of phenolic OH excluding ortho intramolecular Hbond substituents is 1. The molecule has 0 spiro atoms. The number of azo groups is 1. The molecule has 0 aromatic heterocycles. The van der Waals surface area contributed by atoms with E-state index in [1.54, 1.807) is 24.3 Å². The zero-order valence-corrected chi connectivity index (χ0v) is 13.9. The standard InChI is InChI=1S/C17H20ClN3O/c1-10-7-12(17(2,3)4)16(22)15(8-10)21-20-14-9-11(18)5-6-13(14)19/h5-9,22H,19H2,1-4H3. The molecule has 2 rings (SSSR count). The molecule has 0 bridgehead atoms. The molecule has 22 heavy (non-hydrogen) atoms. The van der Waals surface area contributed by atoms with Gasteiger partial charge >= 0.3 is 0 Å². The zero-order chi connectivity index (χ0) is 16.5. The average molecular weight is 318 g/mol. The molecule has 5 heteroatoms. The van der Waals surface area contributed by atoms with E-state index in [9.17, 15) is 5.11 Å². The van der Waals surface area contributed by atoms with E-state index in [2.05, 4.69) is 10.2 Å². The normalized spacial score (nSPS) is 12.0. The van der Waals surface area contributed by atoms with Crippen LogP contribution in [0.3, 0.4) is 0 Å². The monoisotopic (exact) mass is 317 g/mol. The molecule has 0 heterocycles. The Balaban J connectivity index is 2.48. The Labute approximate surface area is 135 Å². The molecule has 0 aliphatic carbocycles. The predicted molar refractivity (Wildman–Crippen MR) is 91.6 cm³/mol. The fourth-order valence-electron chi connectivity index (χ4n) is 2.12. The quantitative estimate of drug-likeness (QED) is 0.555. The van der Waals surface area contributed by atoms with Gasteiger partial charge in [-0.1, -0.05) is 38.4 Å². The Kier molecular flexibility index (Phi) is 4.42. The van der Waals surface area contributed by atoms with E-state index in [0.717, 1.165) is 11.1 Å². The van der Waals surface area contributed by atoms with Crippen molar-refractivity contribution in [2.45, 2.75) is 33.1 Å². The Hall–Kier alpha value is -2.07. The minimum absolute atomic E-state index is 0.141. The van der Waals surface area contributed by atoms with Crippen LogP contribution in [0.1, 0.15) is 31.9 Å². The number of benzene rings is 2. The summed E-state index contributed by atoms with van der Waals surface area (Å²) in [7, 11) is 0. The smallest absolute Gasteiger partial charge is 0.146 e. The molecule has 2 aromatic rings. The number of phenols is 1. The first-order valence-corrected chi connectivity index (χ1v) is 7.37. The zero-order valence-electron chi connectivity index (χ0n) is 13.2. The summed E-state index contributed by atoms with van der Waals surface area (Å²) in [6.07, 6.45) is 0. The number of aryl methyl sites for hydroxylation is 1. The van der Waals surface area contributed by atoms with E-state index in [-0.39, 0.29) is 11.2 Å². The van der Waals surface area contributed by atoms with Crippen LogP contribution < -0.4 is 5.73 Å². The number of hydrogen-bond acceptors (Lipinski definition) is 4. The molecule has 116 valence electrons. The van der Waals surface area contributed by atoms with Crippen LogP contribution in [0.4, 0.5) is 17.1 Å². The third-order valence-corrected chi connectivity index (χ3v) is 3.54. The van der Waals surface area contributed by atoms with Gasteiger partial charge in [0.1, 0.15) is 17.1 Å². The number of anilines is 1. The Morgan fingerprint density at radius 2 is 1.68 bits per heavy atom. The van der Waals surface area contributed by atoms with E-state index in [4.69, 9.17) is 17.3 Å². The maximum Gasteiger partial charge on any atom is 0.146 e. The summed E-state index contributed by atoms with van der Waals surface area (Å²) in [5, 5.41) is 19.2. The second-order valence-corrected chi connectivity index (χ2v) is 6.77. The van der Waals surface area contributed by atoms with Crippen LogP contribution in [-0.2, 0) is 5.41 Å². The molecule has 0 aliphatic rings. The van der Waals surface area contributed by atoms with Crippen LogP contribution in [0, 0.1) is 6.92 Å². The molecule has 0 radical (unpaired) electrons. The maximum absolute atomic E-state index is 10.4. The number of nitrogen functional groups attached to an aromatic ring is 1. The lowest BCUT2D eigenvalue weighted by Crippen LogP contribution is -2.11. The number of rotatable bonds is 2. The van der Waals surface area contributed by atoms with Crippen LogP contribution >= 0.6 is 11.6 Å². The molecule has 0 fully saturated rings. The lowest BCUT2D eigenvalue weighted by Gasteiger charge is -2.21. The van der Waals surface area contributed by atoms with Gasteiger partial charge in [0.2, 0.25) is 0 Å². The van der Waals surface area contributed by atoms with Crippen molar-refractivity contribution >= 4 is 28.7 Å². The minimum atomic E-state index is -0.185. The van der Waals surface area contributed by atoms with E-state index in [1.165, 1.54) is 0 Å². The van der Waals surface area contributed by atoms with Crippen molar-refractivity contribution in [2.75, 3.05) is 5.73 Å². The van der Waals surface area contributed by atoms with Gasteiger partial charge in [-0.15, -0.1) is 10.2 Å². The van der Waals surface area contributed by atoms with Gasteiger partial charge in [0.25, 0.3) is 0 Å². The summed E-state index contributed by atoms with van der Waals surface area (Å²) in [6, 6.07) is 8.75. The third kappa shape index (κ3) is 3.57. The van der Waals surface area contributed by atoms with E-state index >= 15 is 0 Å². The Bertz CT molecular complexity index is 733. The molecule has 4 nitrogen and oxygen atoms in total. The molecule has 3 N–H and O–H groups in total. The highest BCUT2D eigenvalue weighted by Crippen LogP contribution is 2.39. The molecule has 0 aliphatic heterocycles. The number of nitrogens with two attached hydrogens (primary N) is 1. The number of hydrogen-bond donors (Lipinski definition) is 2. The lowest BCUT2D eigenvalue weighted by atomic mass is 9.85. The summed E-state index contributed by atoms with van der Waals surface area (Å²) in [5.74, 6) is 0.141. The molecule has 0 amide bonds. The minimum Gasteiger partial charge on any atom is -0.505 e. The van der Waals surface area contributed by atoms with Gasteiger partial charge in [-0.05, 0) is 42.2 Å². The fraction of sp³-hybridized carbons (Fsp3) is 0.294. The summed E-state index contributed by atoms with van der Waals surface area (Å²) < 4.78 is 0. The third-order valence-electron chi connectivity index (χ3n) is 3.30. The maximum atomic E-state index is 10.4. The van der Waals surface area contributed by atoms with Gasteiger partial charge in [0.15, 0.2) is 0 Å². The molecule has 0 atom stereocenters. The first-order valence-electron chi connectivity index (χ1n) is 6.99. The van der Waals surface area contributed by atoms with Crippen LogP contribution in [0.5, 0.6) is 5.75 Å². The topological polar surface area (TPSA) is 71.0 Å². The Morgan fingerprint density at radius 3 is 2.32 bits per heavy atom. The first kappa shape index (κ1) is 16.3. The molecule has 2 aromatic carbocycles. The van der Waals surface area contributed by atoms with E-state index in [1.807, 2.05) is 33.8 Å². The van der Waals surface area contributed by atoms with Crippen LogP contribution in [-0.4, -0.2) is 5.11 Å². The number of aromatic hydroxyl groups is 1. The van der Waals surface area contributed by atoms with Crippen molar-refractivity contribution in [3.05, 3.63) is 46.5 Å². The fourth-order valence-corrected chi connectivity index (χ4v) is 2.29. The average Bonchev–Trinajstić information content (AvgIpc) is 2.41. The second-order valence-electron chi connectivity index (χ2n) is 6.33. The SMILES string of the molecule is Cc1cc(N=Nc2cc(Cl)ccc2N)c(O)c(C(C)(C)C)c1. The van der Waals surface area contributed by atoms with Gasteiger partial charge in [-0.25, -0.2) is 0 Å². The number of halogens is 1. The first-order chi connectivity index (χ1) is 10.2. The van der Waals surface area contributed by atoms with Crippen molar-refractivity contribution in [3.63, 3.8) is 0 Å². The molecular weight excluding hydrogens is 298 g/mol. The molecule has 0 unspecified atom stereocenters. The van der Waals surface area contributed by atoms with Crippen molar-refractivity contribution in [3.8, 4) is 5.75 Å². The highest BCUT2D eigenvalue weighted by molar-refractivity contribution is 6.31. The summed E-state index contributed by atoms with van der Waals surface area (Å²) in [4.78, 5) is 0. The summed E-state index contributed by atoms with van der Waals surface area (Å²) in [5.41, 5.74) is 8.89. The number of nitrogens with zero attached hydrogens (tertiary/aromatic N) is 2. The van der Waals surface area contributed by atoms with E-state index in [0.29, 0.717) is 22.1 Å².